The smallest absolute Gasteiger partial charge is 0.410 e. The van der Waals surface area contributed by atoms with Gasteiger partial charge >= 0.3 is 6.09 Å². The Hall–Kier alpha value is -1.06. The Balaban J connectivity index is 2.73. The Morgan fingerprint density at radius 1 is 1.44 bits per heavy atom. The minimum Gasteiger partial charge on any atom is -0.444 e. The molecule has 92 valence electrons. The van der Waals surface area contributed by atoms with Crippen molar-refractivity contribution in [3.63, 3.8) is 0 Å². The molecule has 0 aromatic carbocycles. The number of hydrogen-bond acceptors (Lipinski definition) is 3. The van der Waals surface area contributed by atoms with E-state index in [1.165, 1.54) is 0 Å². The number of likely N-dealkylation sites (tertiary alicyclic amines) is 1. The van der Waals surface area contributed by atoms with Gasteiger partial charge in [-0.25, -0.2) is 4.79 Å². The molecule has 0 spiro atoms. The lowest BCUT2D eigenvalue weighted by Crippen LogP contribution is -2.44. The third-order valence-corrected chi connectivity index (χ3v) is 2.52. The molecule has 4 heteroatoms. The Morgan fingerprint density at radius 3 is 2.44 bits per heavy atom. The van der Waals surface area contributed by atoms with Crippen molar-refractivity contribution < 1.29 is 14.3 Å². The average Bonchev–Trinajstić information content (AvgIpc) is 2.43. The molecule has 1 atom stereocenters. The molecule has 0 aromatic heterocycles. The van der Waals surface area contributed by atoms with Gasteiger partial charge in [0.05, 0.1) is 6.04 Å². The minimum atomic E-state index is -0.510. The molecule has 16 heavy (non-hydrogen) atoms. The lowest BCUT2D eigenvalue weighted by atomic mass is 10.0. The maximum absolute atomic E-state index is 11.9. The fourth-order valence-electron chi connectivity index (χ4n) is 1.95. The maximum Gasteiger partial charge on any atom is 0.410 e. The Kier molecular flexibility index (Phi) is 3.61. The highest BCUT2D eigenvalue weighted by atomic mass is 16.6. The number of ether oxygens (including phenoxy) is 1. The molecule has 4 nitrogen and oxygen atoms in total. The second kappa shape index (κ2) is 4.44. The van der Waals surface area contributed by atoms with Crippen LogP contribution in [0.5, 0.6) is 0 Å². The third kappa shape index (κ3) is 2.97. The van der Waals surface area contributed by atoms with Crippen molar-refractivity contribution in [2.45, 2.75) is 52.7 Å². The first-order chi connectivity index (χ1) is 7.22. The molecule has 1 saturated heterocycles. The van der Waals surface area contributed by atoms with Crippen LogP contribution in [-0.4, -0.2) is 35.0 Å². The topological polar surface area (TPSA) is 46.6 Å². The summed E-state index contributed by atoms with van der Waals surface area (Å²) >= 11 is 0. The van der Waals surface area contributed by atoms with Crippen LogP contribution in [0.25, 0.3) is 0 Å². The summed E-state index contributed by atoms with van der Waals surface area (Å²) in [6.07, 6.45) is 0.0688. The zero-order valence-corrected chi connectivity index (χ0v) is 10.7. The maximum atomic E-state index is 11.9. The molecular formula is C12H21NO3. The highest BCUT2D eigenvalue weighted by molar-refractivity contribution is 5.90. The highest BCUT2D eigenvalue weighted by Crippen LogP contribution is 2.23. The van der Waals surface area contributed by atoms with Gasteiger partial charge in [-0.3, -0.25) is 9.69 Å². The van der Waals surface area contributed by atoms with Crippen molar-refractivity contribution in [3.05, 3.63) is 0 Å². The van der Waals surface area contributed by atoms with Gasteiger partial charge in [-0.2, -0.15) is 0 Å². The zero-order valence-electron chi connectivity index (χ0n) is 10.7. The summed E-state index contributed by atoms with van der Waals surface area (Å²) in [5.74, 6) is 0.281. The average molecular weight is 227 g/mol. The number of Topliss-reactive ketones (excluding diaryl/α,β-unsaturated/α-hetero) is 1. The second-order valence-corrected chi connectivity index (χ2v) is 5.58. The normalized spacial score (nSPS) is 21.8. The lowest BCUT2D eigenvalue weighted by Gasteiger charge is -2.29. The molecule has 1 aliphatic heterocycles. The molecule has 1 aliphatic rings. The van der Waals surface area contributed by atoms with Crippen LogP contribution < -0.4 is 0 Å². The molecule has 0 bridgehead atoms. The summed E-state index contributed by atoms with van der Waals surface area (Å²) in [6.45, 7) is 9.86. The van der Waals surface area contributed by atoms with Gasteiger partial charge in [-0.05, 0) is 26.7 Å². The van der Waals surface area contributed by atoms with Crippen LogP contribution in [-0.2, 0) is 9.53 Å². The number of nitrogens with zero attached hydrogens (tertiary/aromatic N) is 1. The molecule has 1 rings (SSSR count). The van der Waals surface area contributed by atoms with Crippen molar-refractivity contribution >= 4 is 11.9 Å². The SMILES string of the molecule is CC(C)[C@@H]1C(=O)CCN1C(=O)OC(C)(C)C. The van der Waals surface area contributed by atoms with E-state index in [-0.39, 0.29) is 23.8 Å². The quantitative estimate of drug-likeness (QED) is 0.690. The molecule has 0 N–H and O–H groups in total. The summed E-state index contributed by atoms with van der Waals surface area (Å²) in [4.78, 5) is 25.1. The van der Waals surface area contributed by atoms with Gasteiger partial charge in [0.2, 0.25) is 0 Å². The molecule has 0 aromatic rings. The fraction of sp³-hybridized carbons (Fsp3) is 0.833. The van der Waals surface area contributed by atoms with Gasteiger partial charge in [0, 0.05) is 13.0 Å². The van der Waals surface area contributed by atoms with Crippen LogP contribution in [0.15, 0.2) is 0 Å². The molecule has 1 heterocycles. The molecule has 0 saturated carbocycles. The van der Waals surface area contributed by atoms with Crippen molar-refractivity contribution in [2.24, 2.45) is 5.92 Å². The largest absolute Gasteiger partial charge is 0.444 e. The van der Waals surface area contributed by atoms with Crippen molar-refractivity contribution in [1.82, 2.24) is 4.90 Å². The molecule has 0 radical (unpaired) electrons. The summed E-state index contributed by atoms with van der Waals surface area (Å²) in [5.41, 5.74) is -0.510. The lowest BCUT2D eigenvalue weighted by molar-refractivity contribution is -0.121. The van der Waals surface area contributed by atoms with Crippen LogP contribution in [0.3, 0.4) is 0 Å². The number of ketones is 1. The summed E-state index contributed by atoms with van der Waals surface area (Å²) in [5, 5.41) is 0. The van der Waals surface area contributed by atoms with Crippen LogP contribution in [0.1, 0.15) is 41.0 Å². The van der Waals surface area contributed by atoms with E-state index >= 15 is 0 Å². The fourth-order valence-corrected chi connectivity index (χ4v) is 1.95. The van der Waals surface area contributed by atoms with Gasteiger partial charge in [0.15, 0.2) is 5.78 Å². The summed E-state index contributed by atoms with van der Waals surface area (Å²) in [6, 6.07) is -0.310. The number of amides is 1. The first kappa shape index (κ1) is 13.0. The minimum absolute atomic E-state index is 0.140. The van der Waals surface area contributed by atoms with Gasteiger partial charge in [0.1, 0.15) is 5.60 Å². The monoisotopic (exact) mass is 227 g/mol. The van der Waals surface area contributed by atoms with Crippen molar-refractivity contribution in [2.75, 3.05) is 6.54 Å². The molecule has 1 fully saturated rings. The molecule has 0 unspecified atom stereocenters. The highest BCUT2D eigenvalue weighted by Gasteiger charge is 2.39. The van der Waals surface area contributed by atoms with Gasteiger partial charge in [0.25, 0.3) is 0 Å². The van der Waals surface area contributed by atoms with E-state index < -0.39 is 5.60 Å². The van der Waals surface area contributed by atoms with Crippen LogP contribution in [0.4, 0.5) is 4.79 Å². The summed E-state index contributed by atoms with van der Waals surface area (Å²) in [7, 11) is 0. The number of carbonyl (C=O) groups is 2. The Morgan fingerprint density at radius 2 is 2.00 bits per heavy atom. The van der Waals surface area contributed by atoms with Crippen molar-refractivity contribution in [3.8, 4) is 0 Å². The van der Waals surface area contributed by atoms with E-state index in [1.807, 2.05) is 34.6 Å². The van der Waals surface area contributed by atoms with Gasteiger partial charge in [-0.1, -0.05) is 13.8 Å². The standard InChI is InChI=1S/C12H21NO3/c1-8(2)10-9(14)6-7-13(10)11(15)16-12(3,4)5/h8,10H,6-7H2,1-5H3/t10-/m1/s1. The van der Waals surface area contributed by atoms with E-state index in [0.717, 1.165) is 0 Å². The number of carbonyl (C=O) groups excluding carboxylic acids is 2. The third-order valence-electron chi connectivity index (χ3n) is 2.52. The summed E-state index contributed by atoms with van der Waals surface area (Å²) < 4.78 is 5.29. The molecular weight excluding hydrogens is 206 g/mol. The molecule has 0 aliphatic carbocycles. The van der Waals surface area contributed by atoms with E-state index in [9.17, 15) is 9.59 Å². The predicted octanol–water partition coefficient (Wildman–Crippen LogP) is 2.22. The van der Waals surface area contributed by atoms with E-state index in [4.69, 9.17) is 4.74 Å². The van der Waals surface area contributed by atoms with Gasteiger partial charge < -0.3 is 4.74 Å². The number of hydrogen-bond donors (Lipinski definition) is 0. The van der Waals surface area contributed by atoms with Crippen LogP contribution in [0.2, 0.25) is 0 Å². The van der Waals surface area contributed by atoms with Gasteiger partial charge in [-0.15, -0.1) is 0 Å². The van der Waals surface area contributed by atoms with Crippen LogP contribution in [0, 0.1) is 5.92 Å². The van der Waals surface area contributed by atoms with Crippen LogP contribution >= 0.6 is 0 Å². The first-order valence-corrected chi connectivity index (χ1v) is 5.74. The Bertz CT molecular complexity index is 291. The van der Waals surface area contributed by atoms with E-state index in [2.05, 4.69) is 0 Å². The predicted molar refractivity (Wildman–Crippen MR) is 61.2 cm³/mol. The molecule has 1 amide bonds. The first-order valence-electron chi connectivity index (χ1n) is 5.74. The zero-order chi connectivity index (χ0) is 12.5. The van der Waals surface area contributed by atoms with E-state index in [1.54, 1.807) is 4.90 Å². The van der Waals surface area contributed by atoms with Crippen molar-refractivity contribution in [1.29, 1.82) is 0 Å². The van der Waals surface area contributed by atoms with E-state index in [0.29, 0.717) is 13.0 Å². The Labute approximate surface area is 96.9 Å². The second-order valence-electron chi connectivity index (χ2n) is 5.58. The number of rotatable bonds is 1.